The summed E-state index contributed by atoms with van der Waals surface area (Å²) < 4.78 is 0. The summed E-state index contributed by atoms with van der Waals surface area (Å²) in [5.74, 6) is 1.73. The van der Waals surface area contributed by atoms with Crippen molar-refractivity contribution < 1.29 is 4.79 Å². The number of piperidine rings is 2. The summed E-state index contributed by atoms with van der Waals surface area (Å²) >= 11 is 0. The maximum absolute atomic E-state index is 12.2. The van der Waals surface area contributed by atoms with Crippen molar-refractivity contribution in [2.75, 3.05) is 31.5 Å². The maximum Gasteiger partial charge on any atom is 0.224 e. The number of hydrogen-bond donors (Lipinski definition) is 2. The summed E-state index contributed by atoms with van der Waals surface area (Å²) in [4.78, 5) is 14.7. The molecule has 0 atom stereocenters. The van der Waals surface area contributed by atoms with Crippen LogP contribution in [0.4, 0.5) is 5.69 Å². The highest BCUT2D eigenvalue weighted by Gasteiger charge is 2.16. The first-order valence-corrected chi connectivity index (χ1v) is 10.0. The van der Waals surface area contributed by atoms with Gasteiger partial charge in [-0.05, 0) is 87.8 Å². The molecule has 27 heavy (non-hydrogen) atoms. The number of likely N-dealkylation sites (tertiary alicyclic amines) is 1. The molecule has 0 aliphatic carbocycles. The number of nitrogens with zero attached hydrogens (tertiary/aromatic N) is 1. The highest BCUT2D eigenvalue weighted by molar-refractivity contribution is 5.90. The SMILES string of the molecule is CC1CCN(Cc2ccc(NC(=O)CCC3CCNCC3)cc2)CC1.Cl.Cl. The third-order valence-corrected chi connectivity index (χ3v) is 5.76. The van der Waals surface area contributed by atoms with Gasteiger partial charge in [0.25, 0.3) is 0 Å². The zero-order chi connectivity index (χ0) is 17.5. The Morgan fingerprint density at radius 1 is 1.07 bits per heavy atom. The highest BCUT2D eigenvalue weighted by atomic mass is 35.5. The van der Waals surface area contributed by atoms with Crippen LogP contribution in [0.5, 0.6) is 0 Å². The fourth-order valence-corrected chi connectivity index (χ4v) is 3.90. The minimum Gasteiger partial charge on any atom is -0.326 e. The molecule has 1 amide bonds. The minimum atomic E-state index is 0. The third kappa shape index (κ3) is 8.39. The molecule has 154 valence electrons. The third-order valence-electron chi connectivity index (χ3n) is 5.76. The van der Waals surface area contributed by atoms with Crippen molar-refractivity contribution in [3.63, 3.8) is 0 Å². The number of carbonyl (C=O) groups is 1. The molecule has 2 saturated heterocycles. The van der Waals surface area contributed by atoms with Crippen LogP contribution in [-0.4, -0.2) is 37.0 Å². The molecule has 0 spiro atoms. The van der Waals surface area contributed by atoms with Gasteiger partial charge in [-0.25, -0.2) is 0 Å². The van der Waals surface area contributed by atoms with Crippen LogP contribution < -0.4 is 10.6 Å². The Labute approximate surface area is 176 Å². The van der Waals surface area contributed by atoms with Crippen LogP contribution >= 0.6 is 24.8 Å². The van der Waals surface area contributed by atoms with E-state index in [1.54, 1.807) is 0 Å². The molecule has 0 saturated carbocycles. The van der Waals surface area contributed by atoms with Gasteiger partial charge in [0, 0.05) is 18.7 Å². The van der Waals surface area contributed by atoms with Crippen LogP contribution in [0.15, 0.2) is 24.3 Å². The fourth-order valence-electron chi connectivity index (χ4n) is 3.90. The summed E-state index contributed by atoms with van der Waals surface area (Å²) in [5.41, 5.74) is 2.26. The number of halogens is 2. The quantitative estimate of drug-likeness (QED) is 0.719. The van der Waals surface area contributed by atoms with Crippen molar-refractivity contribution in [2.45, 2.75) is 52.0 Å². The molecular formula is C21H35Cl2N3O. The van der Waals surface area contributed by atoms with E-state index in [2.05, 4.69) is 34.6 Å². The van der Waals surface area contributed by atoms with Crippen LogP contribution in [0, 0.1) is 11.8 Å². The highest BCUT2D eigenvalue weighted by Crippen LogP contribution is 2.20. The average Bonchev–Trinajstić information content (AvgIpc) is 2.64. The van der Waals surface area contributed by atoms with Gasteiger partial charge < -0.3 is 10.6 Å². The summed E-state index contributed by atoms with van der Waals surface area (Å²) in [6, 6.07) is 8.40. The number of carbonyl (C=O) groups excluding carboxylic acids is 1. The lowest BCUT2D eigenvalue weighted by Crippen LogP contribution is -2.32. The second kappa shape index (κ2) is 12.6. The lowest BCUT2D eigenvalue weighted by atomic mass is 9.93. The molecule has 2 heterocycles. The Hall–Kier alpha value is -0.810. The van der Waals surface area contributed by atoms with Gasteiger partial charge in [-0.1, -0.05) is 19.1 Å². The first-order chi connectivity index (χ1) is 12.2. The number of benzene rings is 1. The molecule has 0 aromatic heterocycles. The molecular weight excluding hydrogens is 381 g/mol. The fraction of sp³-hybridized carbons (Fsp3) is 0.667. The normalized spacial score (nSPS) is 19.0. The minimum absolute atomic E-state index is 0. The van der Waals surface area contributed by atoms with Crippen molar-refractivity contribution in [3.8, 4) is 0 Å². The van der Waals surface area contributed by atoms with E-state index in [9.17, 15) is 4.79 Å². The van der Waals surface area contributed by atoms with E-state index in [1.165, 1.54) is 44.3 Å². The van der Waals surface area contributed by atoms with E-state index >= 15 is 0 Å². The molecule has 0 radical (unpaired) electrons. The standard InChI is InChI=1S/C21H33N3O.2ClH/c1-17-10-14-24(15-11-17)16-19-2-5-20(6-3-19)23-21(25)7-4-18-8-12-22-13-9-18;;/h2-3,5-6,17-18,22H,4,7-16H2,1H3,(H,23,25);2*1H. The number of nitrogens with one attached hydrogen (secondary N) is 2. The van der Waals surface area contributed by atoms with Gasteiger partial charge in [-0.3, -0.25) is 9.69 Å². The Balaban J connectivity index is 0.00000182. The van der Waals surface area contributed by atoms with Gasteiger partial charge in [0.15, 0.2) is 0 Å². The molecule has 2 N–H and O–H groups in total. The van der Waals surface area contributed by atoms with Crippen LogP contribution in [0.25, 0.3) is 0 Å². The number of anilines is 1. The van der Waals surface area contributed by atoms with E-state index in [0.29, 0.717) is 12.3 Å². The molecule has 2 aliphatic rings. The van der Waals surface area contributed by atoms with Crippen molar-refractivity contribution in [1.82, 2.24) is 10.2 Å². The molecule has 1 aromatic carbocycles. The van der Waals surface area contributed by atoms with Gasteiger partial charge >= 0.3 is 0 Å². The van der Waals surface area contributed by atoms with E-state index in [0.717, 1.165) is 37.7 Å². The Morgan fingerprint density at radius 3 is 2.33 bits per heavy atom. The van der Waals surface area contributed by atoms with E-state index in [-0.39, 0.29) is 30.7 Å². The Morgan fingerprint density at radius 2 is 1.70 bits per heavy atom. The topological polar surface area (TPSA) is 44.4 Å². The zero-order valence-electron chi connectivity index (χ0n) is 16.4. The summed E-state index contributed by atoms with van der Waals surface area (Å²) in [6.07, 6.45) is 6.68. The molecule has 0 bridgehead atoms. The van der Waals surface area contributed by atoms with Gasteiger partial charge in [0.2, 0.25) is 5.91 Å². The average molecular weight is 416 g/mol. The molecule has 0 unspecified atom stereocenters. The maximum atomic E-state index is 12.2. The summed E-state index contributed by atoms with van der Waals surface area (Å²) in [5, 5.41) is 6.42. The van der Waals surface area contributed by atoms with Crippen molar-refractivity contribution >= 4 is 36.4 Å². The molecule has 2 fully saturated rings. The Bertz CT molecular complexity index is 539. The smallest absolute Gasteiger partial charge is 0.224 e. The van der Waals surface area contributed by atoms with E-state index in [1.807, 2.05) is 12.1 Å². The van der Waals surface area contributed by atoms with Crippen LogP contribution in [-0.2, 0) is 11.3 Å². The first kappa shape index (κ1) is 24.2. The van der Waals surface area contributed by atoms with Crippen LogP contribution in [0.1, 0.15) is 51.0 Å². The van der Waals surface area contributed by atoms with Gasteiger partial charge in [0.05, 0.1) is 0 Å². The molecule has 4 nitrogen and oxygen atoms in total. The van der Waals surface area contributed by atoms with Gasteiger partial charge in [-0.2, -0.15) is 0 Å². The van der Waals surface area contributed by atoms with Crippen molar-refractivity contribution in [3.05, 3.63) is 29.8 Å². The van der Waals surface area contributed by atoms with Crippen molar-refractivity contribution in [1.29, 1.82) is 0 Å². The molecule has 2 aliphatic heterocycles. The number of amides is 1. The predicted molar refractivity (Wildman–Crippen MR) is 118 cm³/mol. The second-order valence-electron chi connectivity index (χ2n) is 7.94. The van der Waals surface area contributed by atoms with Crippen molar-refractivity contribution in [2.24, 2.45) is 11.8 Å². The van der Waals surface area contributed by atoms with E-state index in [4.69, 9.17) is 0 Å². The molecule has 3 rings (SSSR count). The zero-order valence-corrected chi connectivity index (χ0v) is 18.0. The lowest BCUT2D eigenvalue weighted by Gasteiger charge is -2.30. The second-order valence-corrected chi connectivity index (χ2v) is 7.94. The lowest BCUT2D eigenvalue weighted by molar-refractivity contribution is -0.116. The monoisotopic (exact) mass is 415 g/mol. The Kier molecular flexibility index (Phi) is 11.3. The van der Waals surface area contributed by atoms with Gasteiger partial charge in [-0.15, -0.1) is 24.8 Å². The van der Waals surface area contributed by atoms with Crippen LogP contribution in [0.2, 0.25) is 0 Å². The van der Waals surface area contributed by atoms with Gasteiger partial charge in [0.1, 0.15) is 0 Å². The summed E-state index contributed by atoms with van der Waals surface area (Å²) in [6.45, 7) is 7.98. The predicted octanol–water partition coefficient (Wildman–Crippen LogP) is 4.48. The molecule has 6 heteroatoms. The van der Waals surface area contributed by atoms with Crippen LogP contribution in [0.3, 0.4) is 0 Å². The number of rotatable bonds is 6. The number of hydrogen-bond acceptors (Lipinski definition) is 3. The largest absolute Gasteiger partial charge is 0.326 e. The van der Waals surface area contributed by atoms with E-state index < -0.39 is 0 Å². The first-order valence-electron chi connectivity index (χ1n) is 10.0. The summed E-state index contributed by atoms with van der Waals surface area (Å²) in [7, 11) is 0. The molecule has 1 aromatic rings.